The van der Waals surface area contributed by atoms with E-state index < -0.39 is 0 Å². The molecule has 0 fully saturated rings. The molecule has 29 heavy (non-hydrogen) atoms. The van der Waals surface area contributed by atoms with Crippen molar-refractivity contribution in [1.29, 1.82) is 0 Å². The lowest BCUT2D eigenvalue weighted by molar-refractivity contribution is -0.115. The molecule has 5 nitrogen and oxygen atoms in total. The largest absolute Gasteiger partial charge is 0.493 e. The number of nitrogens with zero attached hydrogens (tertiary/aromatic N) is 1. The molecule has 0 saturated carbocycles. The van der Waals surface area contributed by atoms with Gasteiger partial charge in [0.25, 0.3) is 0 Å². The second-order valence-electron chi connectivity index (χ2n) is 6.07. The summed E-state index contributed by atoms with van der Waals surface area (Å²) in [4.78, 5) is 16.6. The third kappa shape index (κ3) is 5.95. The Balaban J connectivity index is 1.48. The highest BCUT2D eigenvalue weighted by atomic mass is 32.2. The number of hydrogen-bond donors (Lipinski definition) is 1. The number of halogens is 1. The molecular formula is C21H21FN2O3S2. The van der Waals surface area contributed by atoms with E-state index in [0.29, 0.717) is 29.4 Å². The van der Waals surface area contributed by atoms with Gasteiger partial charge in [-0.25, -0.2) is 9.37 Å². The quantitative estimate of drug-likeness (QED) is 0.469. The number of amides is 1. The smallest absolute Gasteiger partial charge is 0.225 e. The van der Waals surface area contributed by atoms with Crippen molar-refractivity contribution in [2.75, 3.05) is 25.3 Å². The molecule has 1 heterocycles. The Bertz CT molecular complexity index is 978. The van der Waals surface area contributed by atoms with E-state index >= 15 is 0 Å². The summed E-state index contributed by atoms with van der Waals surface area (Å²) in [6.07, 6.45) is 0.355. The van der Waals surface area contributed by atoms with Gasteiger partial charge < -0.3 is 14.8 Å². The molecule has 0 bridgehead atoms. The summed E-state index contributed by atoms with van der Waals surface area (Å²) in [6, 6.07) is 11.6. The molecule has 0 aliphatic rings. The van der Waals surface area contributed by atoms with E-state index in [1.807, 2.05) is 23.6 Å². The third-order valence-electron chi connectivity index (χ3n) is 4.01. The van der Waals surface area contributed by atoms with E-state index in [1.165, 1.54) is 12.1 Å². The first-order valence-electron chi connectivity index (χ1n) is 8.89. The number of aromatic nitrogens is 1. The molecule has 152 valence electrons. The highest BCUT2D eigenvalue weighted by molar-refractivity contribution is 7.98. The molecule has 1 amide bonds. The Morgan fingerprint density at radius 2 is 2.00 bits per heavy atom. The second-order valence-corrected chi connectivity index (χ2v) is 8.04. The normalized spacial score (nSPS) is 10.6. The van der Waals surface area contributed by atoms with Crippen molar-refractivity contribution in [3.63, 3.8) is 0 Å². The van der Waals surface area contributed by atoms with E-state index in [9.17, 15) is 9.18 Å². The van der Waals surface area contributed by atoms with Crippen LogP contribution in [0.5, 0.6) is 11.5 Å². The number of thiazole rings is 1. The summed E-state index contributed by atoms with van der Waals surface area (Å²) < 4.78 is 23.8. The molecule has 0 saturated heterocycles. The van der Waals surface area contributed by atoms with Crippen molar-refractivity contribution in [2.24, 2.45) is 0 Å². The van der Waals surface area contributed by atoms with E-state index in [1.54, 1.807) is 49.5 Å². The summed E-state index contributed by atoms with van der Waals surface area (Å²) in [6.45, 7) is 0. The summed E-state index contributed by atoms with van der Waals surface area (Å²) in [5, 5.41) is 5.63. The van der Waals surface area contributed by atoms with Crippen molar-refractivity contribution in [2.45, 2.75) is 12.2 Å². The van der Waals surface area contributed by atoms with Crippen molar-refractivity contribution in [3.8, 4) is 22.1 Å². The van der Waals surface area contributed by atoms with Gasteiger partial charge in [-0.05, 0) is 36.4 Å². The predicted octanol–water partition coefficient (Wildman–Crippen LogP) is 5.23. The number of ether oxygens (including phenoxy) is 2. The number of hydrogen-bond acceptors (Lipinski definition) is 6. The minimum absolute atomic E-state index is 0.132. The second kappa shape index (κ2) is 10.3. The maximum Gasteiger partial charge on any atom is 0.225 e. The lowest BCUT2D eigenvalue weighted by Crippen LogP contribution is -2.12. The van der Waals surface area contributed by atoms with Crippen LogP contribution in [-0.2, 0) is 10.5 Å². The van der Waals surface area contributed by atoms with Crippen LogP contribution in [-0.4, -0.2) is 30.9 Å². The van der Waals surface area contributed by atoms with Gasteiger partial charge in [-0.15, -0.1) is 11.3 Å². The van der Waals surface area contributed by atoms with Gasteiger partial charge in [0.05, 0.1) is 19.9 Å². The van der Waals surface area contributed by atoms with E-state index in [-0.39, 0.29) is 11.7 Å². The number of carbonyl (C=O) groups is 1. The number of nitrogens with one attached hydrogen (secondary N) is 1. The highest BCUT2D eigenvalue weighted by Crippen LogP contribution is 2.34. The molecule has 8 heteroatoms. The summed E-state index contributed by atoms with van der Waals surface area (Å²) in [7, 11) is 3.21. The lowest BCUT2D eigenvalue weighted by Gasteiger charge is -2.08. The lowest BCUT2D eigenvalue weighted by atomic mass is 10.2. The Kier molecular flexibility index (Phi) is 7.48. The zero-order chi connectivity index (χ0) is 20.6. The fourth-order valence-electron chi connectivity index (χ4n) is 2.61. The number of benzene rings is 2. The number of methoxy groups -OCH3 is 2. The van der Waals surface area contributed by atoms with Gasteiger partial charge in [0.1, 0.15) is 10.8 Å². The fraction of sp³-hybridized carbons (Fsp3) is 0.238. The van der Waals surface area contributed by atoms with E-state index in [4.69, 9.17) is 9.47 Å². The van der Waals surface area contributed by atoms with Crippen LogP contribution in [0.1, 0.15) is 12.1 Å². The highest BCUT2D eigenvalue weighted by Gasteiger charge is 2.10. The van der Waals surface area contributed by atoms with Gasteiger partial charge in [-0.1, -0.05) is 6.07 Å². The van der Waals surface area contributed by atoms with E-state index in [0.717, 1.165) is 22.0 Å². The Morgan fingerprint density at radius 1 is 1.17 bits per heavy atom. The number of thioether (sulfide) groups is 1. The maximum atomic E-state index is 13.1. The topological polar surface area (TPSA) is 60.5 Å². The molecule has 0 unspecified atom stereocenters. The maximum absolute atomic E-state index is 13.1. The van der Waals surface area contributed by atoms with Crippen LogP contribution in [0.25, 0.3) is 10.6 Å². The Labute approximate surface area is 177 Å². The number of rotatable bonds is 9. The van der Waals surface area contributed by atoms with Gasteiger partial charge in [0, 0.05) is 34.6 Å². The minimum Gasteiger partial charge on any atom is -0.493 e. The van der Waals surface area contributed by atoms with Crippen LogP contribution in [0.4, 0.5) is 10.1 Å². The molecule has 0 radical (unpaired) electrons. The summed E-state index contributed by atoms with van der Waals surface area (Å²) in [5.74, 6) is 2.22. The molecule has 1 N–H and O–H groups in total. The molecule has 0 aliphatic carbocycles. The van der Waals surface area contributed by atoms with Crippen LogP contribution in [0.3, 0.4) is 0 Å². The van der Waals surface area contributed by atoms with Gasteiger partial charge >= 0.3 is 0 Å². The standard InChI is InChI=1S/C21H21FN2O3S2/c1-26-18-7-6-14(10-19(18)27-2)21-24-17(13-29-21)12-28-9-8-20(25)23-16-5-3-4-15(22)11-16/h3-7,10-11,13H,8-9,12H2,1-2H3,(H,23,25). The van der Waals surface area contributed by atoms with Crippen LogP contribution in [0, 0.1) is 5.82 Å². The minimum atomic E-state index is -0.369. The van der Waals surface area contributed by atoms with Crippen molar-refractivity contribution in [3.05, 3.63) is 59.4 Å². The monoisotopic (exact) mass is 432 g/mol. The number of carbonyl (C=O) groups excluding carboxylic acids is 1. The Hall–Kier alpha value is -2.58. The van der Waals surface area contributed by atoms with Crippen molar-refractivity contribution < 1.29 is 18.7 Å². The third-order valence-corrected chi connectivity index (χ3v) is 5.95. The van der Waals surface area contributed by atoms with Gasteiger partial charge in [-0.3, -0.25) is 4.79 Å². The average Bonchev–Trinajstić information content (AvgIpc) is 3.19. The molecule has 2 aromatic carbocycles. The van der Waals surface area contributed by atoms with Crippen molar-refractivity contribution >= 4 is 34.7 Å². The molecule has 3 rings (SSSR count). The first kappa shape index (κ1) is 21.1. The van der Waals surface area contributed by atoms with Gasteiger partial charge in [-0.2, -0.15) is 11.8 Å². The zero-order valence-electron chi connectivity index (χ0n) is 16.1. The molecule has 3 aromatic rings. The predicted molar refractivity (Wildman–Crippen MR) is 116 cm³/mol. The first-order valence-corrected chi connectivity index (χ1v) is 10.9. The summed E-state index contributed by atoms with van der Waals surface area (Å²) >= 11 is 3.20. The SMILES string of the molecule is COc1ccc(-c2nc(CSCCC(=O)Nc3cccc(F)c3)cs2)cc1OC. The Morgan fingerprint density at radius 3 is 2.76 bits per heavy atom. The van der Waals surface area contributed by atoms with Gasteiger partial charge in [0.15, 0.2) is 11.5 Å². The molecular weight excluding hydrogens is 411 g/mol. The fourth-order valence-corrected chi connectivity index (χ4v) is 4.36. The number of anilines is 1. The van der Waals surface area contributed by atoms with Crippen molar-refractivity contribution in [1.82, 2.24) is 4.98 Å². The van der Waals surface area contributed by atoms with Crippen LogP contribution in [0.2, 0.25) is 0 Å². The molecule has 0 atom stereocenters. The molecule has 1 aromatic heterocycles. The van der Waals surface area contributed by atoms with Crippen LogP contribution in [0.15, 0.2) is 47.8 Å². The zero-order valence-corrected chi connectivity index (χ0v) is 17.7. The van der Waals surface area contributed by atoms with Gasteiger partial charge in [0.2, 0.25) is 5.91 Å². The van der Waals surface area contributed by atoms with E-state index in [2.05, 4.69) is 10.3 Å². The molecule has 0 spiro atoms. The molecule has 0 aliphatic heterocycles. The van der Waals surface area contributed by atoms with Crippen LogP contribution < -0.4 is 14.8 Å². The first-order chi connectivity index (χ1) is 14.1. The summed E-state index contributed by atoms with van der Waals surface area (Å²) in [5.41, 5.74) is 2.41. The average molecular weight is 433 g/mol. The van der Waals surface area contributed by atoms with Crippen LogP contribution >= 0.6 is 23.1 Å².